The monoisotopic (exact) mass is 422 g/mol. The average Bonchev–Trinajstić information content (AvgIpc) is 3.44. The Bertz CT molecular complexity index is 835. The molecule has 1 aliphatic carbocycles. The minimum absolute atomic E-state index is 0.0553. The van der Waals surface area contributed by atoms with Crippen LogP contribution < -0.4 is 4.74 Å². The van der Waals surface area contributed by atoms with E-state index in [0.29, 0.717) is 27.3 Å². The molecule has 1 amide bonds. The molecule has 0 atom stereocenters. The lowest BCUT2D eigenvalue weighted by atomic mass is 10.3. The summed E-state index contributed by atoms with van der Waals surface area (Å²) in [5.41, 5.74) is 0. The van der Waals surface area contributed by atoms with Crippen molar-refractivity contribution in [3.05, 3.63) is 51.9 Å². The predicted molar refractivity (Wildman–Crippen MR) is 109 cm³/mol. The first-order valence-corrected chi connectivity index (χ1v) is 10.5. The zero-order chi connectivity index (χ0) is 19.5. The maximum Gasteiger partial charge on any atom is 0.289 e. The van der Waals surface area contributed by atoms with E-state index in [-0.39, 0.29) is 12.5 Å². The standard InChI is InChI=1S/C21H24Cl2N2O3/c22-17-3-1-4-18(20(17)23)27-14-16-7-8-19(28-16)21(26)25-10-2-9-24(11-12-25)13-15-5-6-15/h1,3-4,7-8,15H,2,5-6,9-14H2. The van der Waals surface area contributed by atoms with E-state index < -0.39 is 0 Å². The molecule has 0 bridgehead atoms. The lowest BCUT2D eigenvalue weighted by Gasteiger charge is -2.21. The molecule has 5 nitrogen and oxygen atoms in total. The van der Waals surface area contributed by atoms with Gasteiger partial charge in [0.25, 0.3) is 5.91 Å². The zero-order valence-corrected chi connectivity index (χ0v) is 17.2. The van der Waals surface area contributed by atoms with Gasteiger partial charge in [0.05, 0.1) is 5.02 Å². The maximum absolute atomic E-state index is 12.8. The Morgan fingerprint density at radius 1 is 1.11 bits per heavy atom. The van der Waals surface area contributed by atoms with E-state index in [1.54, 1.807) is 30.3 Å². The third-order valence-electron chi connectivity index (χ3n) is 5.25. The van der Waals surface area contributed by atoms with Crippen LogP contribution in [0.15, 0.2) is 34.7 Å². The fourth-order valence-corrected chi connectivity index (χ4v) is 3.84. The summed E-state index contributed by atoms with van der Waals surface area (Å²) in [5, 5.41) is 0.804. The van der Waals surface area contributed by atoms with Crippen LogP contribution in [0.25, 0.3) is 0 Å². The highest BCUT2D eigenvalue weighted by molar-refractivity contribution is 6.42. The number of amides is 1. The molecule has 28 heavy (non-hydrogen) atoms. The van der Waals surface area contributed by atoms with E-state index in [9.17, 15) is 4.79 Å². The van der Waals surface area contributed by atoms with Gasteiger partial charge in [0.2, 0.25) is 0 Å². The van der Waals surface area contributed by atoms with Crippen molar-refractivity contribution in [1.82, 2.24) is 9.80 Å². The van der Waals surface area contributed by atoms with Crippen LogP contribution >= 0.6 is 23.2 Å². The number of furan rings is 1. The van der Waals surface area contributed by atoms with Gasteiger partial charge in [-0.15, -0.1) is 0 Å². The molecule has 150 valence electrons. The Labute approximate surface area is 175 Å². The van der Waals surface area contributed by atoms with Crippen molar-refractivity contribution in [2.45, 2.75) is 25.9 Å². The highest BCUT2D eigenvalue weighted by atomic mass is 35.5. The lowest BCUT2D eigenvalue weighted by Crippen LogP contribution is -2.35. The second-order valence-corrected chi connectivity index (χ2v) is 8.28. The molecule has 2 aliphatic rings. The molecule has 2 fully saturated rings. The van der Waals surface area contributed by atoms with E-state index in [1.165, 1.54) is 19.4 Å². The molecular formula is C21H24Cl2N2O3. The lowest BCUT2D eigenvalue weighted by molar-refractivity contribution is 0.0725. The van der Waals surface area contributed by atoms with Crippen LogP contribution in [0.4, 0.5) is 0 Å². The van der Waals surface area contributed by atoms with Crippen molar-refractivity contribution >= 4 is 29.1 Å². The molecule has 0 N–H and O–H groups in total. The maximum atomic E-state index is 12.8. The highest BCUT2D eigenvalue weighted by Gasteiger charge is 2.27. The Morgan fingerprint density at radius 3 is 2.79 bits per heavy atom. The first-order valence-electron chi connectivity index (χ1n) is 9.77. The SMILES string of the molecule is O=C(c1ccc(COc2cccc(Cl)c2Cl)o1)N1CCCN(CC2CC2)CC1. The third kappa shape index (κ3) is 4.83. The summed E-state index contributed by atoms with van der Waals surface area (Å²) in [6.07, 6.45) is 3.72. The molecule has 1 aliphatic heterocycles. The Morgan fingerprint density at radius 2 is 1.96 bits per heavy atom. The molecular weight excluding hydrogens is 399 g/mol. The van der Waals surface area contributed by atoms with Crippen LogP contribution in [-0.2, 0) is 6.61 Å². The van der Waals surface area contributed by atoms with Crippen LogP contribution in [0.3, 0.4) is 0 Å². The van der Waals surface area contributed by atoms with Crippen molar-refractivity contribution in [3.8, 4) is 5.75 Å². The van der Waals surface area contributed by atoms with Gasteiger partial charge in [-0.1, -0.05) is 29.3 Å². The van der Waals surface area contributed by atoms with Gasteiger partial charge in [0.1, 0.15) is 23.1 Å². The molecule has 2 heterocycles. The van der Waals surface area contributed by atoms with Gasteiger partial charge in [-0.3, -0.25) is 4.79 Å². The van der Waals surface area contributed by atoms with Gasteiger partial charge >= 0.3 is 0 Å². The van der Waals surface area contributed by atoms with Crippen molar-refractivity contribution in [2.24, 2.45) is 5.92 Å². The normalized spacial score (nSPS) is 18.1. The van der Waals surface area contributed by atoms with Crippen LogP contribution in [-0.4, -0.2) is 48.4 Å². The Balaban J connectivity index is 1.32. The second kappa shape index (κ2) is 8.76. The number of benzene rings is 1. The number of nitrogens with zero attached hydrogens (tertiary/aromatic N) is 2. The fourth-order valence-electron chi connectivity index (χ4n) is 3.49. The average molecular weight is 423 g/mol. The molecule has 1 aromatic heterocycles. The second-order valence-electron chi connectivity index (χ2n) is 7.50. The number of ether oxygens (including phenoxy) is 1. The topological polar surface area (TPSA) is 45.9 Å². The molecule has 1 saturated carbocycles. The van der Waals surface area contributed by atoms with E-state index in [4.69, 9.17) is 32.4 Å². The fraction of sp³-hybridized carbons (Fsp3) is 0.476. The molecule has 0 radical (unpaired) electrons. The van der Waals surface area contributed by atoms with Crippen molar-refractivity contribution in [2.75, 3.05) is 32.7 Å². The Hall–Kier alpha value is -1.69. The van der Waals surface area contributed by atoms with Gasteiger partial charge in [-0.2, -0.15) is 0 Å². The summed E-state index contributed by atoms with van der Waals surface area (Å²) >= 11 is 12.1. The molecule has 0 unspecified atom stereocenters. The smallest absolute Gasteiger partial charge is 0.289 e. The van der Waals surface area contributed by atoms with Crippen LogP contribution in [0.1, 0.15) is 35.6 Å². The first kappa shape index (κ1) is 19.6. The van der Waals surface area contributed by atoms with E-state index in [0.717, 1.165) is 38.5 Å². The summed E-state index contributed by atoms with van der Waals surface area (Å²) in [6.45, 7) is 4.88. The van der Waals surface area contributed by atoms with Crippen molar-refractivity contribution in [3.63, 3.8) is 0 Å². The van der Waals surface area contributed by atoms with E-state index in [1.807, 2.05) is 4.90 Å². The van der Waals surface area contributed by atoms with Gasteiger partial charge < -0.3 is 19.0 Å². The molecule has 1 saturated heterocycles. The largest absolute Gasteiger partial charge is 0.484 e. The summed E-state index contributed by atoms with van der Waals surface area (Å²) in [6, 6.07) is 8.70. The highest BCUT2D eigenvalue weighted by Crippen LogP contribution is 2.32. The molecule has 7 heteroatoms. The van der Waals surface area contributed by atoms with E-state index in [2.05, 4.69) is 4.90 Å². The number of halogens is 2. The quantitative estimate of drug-likeness (QED) is 0.675. The van der Waals surface area contributed by atoms with Gasteiger partial charge in [-0.05, 0) is 56.0 Å². The minimum atomic E-state index is -0.0553. The molecule has 2 aromatic rings. The Kier molecular flexibility index (Phi) is 6.14. The van der Waals surface area contributed by atoms with Crippen LogP contribution in [0.5, 0.6) is 5.75 Å². The summed E-state index contributed by atoms with van der Waals surface area (Å²) in [7, 11) is 0. The summed E-state index contributed by atoms with van der Waals surface area (Å²) in [4.78, 5) is 17.2. The first-order chi connectivity index (χ1) is 13.6. The van der Waals surface area contributed by atoms with Gasteiger partial charge in [-0.25, -0.2) is 0 Å². The third-order valence-corrected chi connectivity index (χ3v) is 6.05. The summed E-state index contributed by atoms with van der Waals surface area (Å²) < 4.78 is 11.4. The van der Waals surface area contributed by atoms with Crippen molar-refractivity contribution < 1.29 is 13.9 Å². The number of hydrogen-bond acceptors (Lipinski definition) is 4. The van der Waals surface area contributed by atoms with Gasteiger partial charge in [0, 0.05) is 26.2 Å². The number of carbonyl (C=O) groups is 1. The van der Waals surface area contributed by atoms with Crippen LogP contribution in [0, 0.1) is 5.92 Å². The molecule has 0 spiro atoms. The predicted octanol–water partition coefficient (Wildman–Crippen LogP) is 4.72. The van der Waals surface area contributed by atoms with Crippen molar-refractivity contribution in [1.29, 1.82) is 0 Å². The zero-order valence-electron chi connectivity index (χ0n) is 15.7. The van der Waals surface area contributed by atoms with E-state index >= 15 is 0 Å². The number of hydrogen-bond donors (Lipinski definition) is 0. The summed E-state index contributed by atoms with van der Waals surface area (Å²) in [5.74, 6) is 2.24. The molecule has 4 rings (SSSR count). The van der Waals surface area contributed by atoms with Crippen LogP contribution in [0.2, 0.25) is 10.0 Å². The number of carbonyl (C=O) groups excluding carboxylic acids is 1. The molecule has 1 aromatic carbocycles. The minimum Gasteiger partial charge on any atom is -0.484 e. The van der Waals surface area contributed by atoms with Gasteiger partial charge in [0.15, 0.2) is 5.76 Å². The number of rotatable bonds is 6.